The first kappa shape index (κ1) is 13.4. The van der Waals surface area contributed by atoms with Crippen LogP contribution in [0, 0.1) is 11.7 Å². The number of thioether (sulfide) groups is 1. The Kier molecular flexibility index (Phi) is 4.88. The van der Waals surface area contributed by atoms with Gasteiger partial charge >= 0.3 is 0 Å². The van der Waals surface area contributed by atoms with Gasteiger partial charge in [-0.15, -0.1) is 0 Å². The lowest BCUT2D eigenvalue weighted by Crippen LogP contribution is -2.27. The molecule has 0 bridgehead atoms. The summed E-state index contributed by atoms with van der Waals surface area (Å²) in [6.07, 6.45) is 2.23. The molecule has 1 N–H and O–H groups in total. The molecule has 0 amide bonds. The summed E-state index contributed by atoms with van der Waals surface area (Å²) in [5, 5.41) is 10.1. The van der Waals surface area contributed by atoms with E-state index < -0.39 is 6.10 Å². The van der Waals surface area contributed by atoms with Crippen molar-refractivity contribution in [2.24, 2.45) is 5.92 Å². The van der Waals surface area contributed by atoms with Crippen LogP contribution in [0.2, 0.25) is 0 Å². The quantitative estimate of drug-likeness (QED) is 0.918. The van der Waals surface area contributed by atoms with Crippen molar-refractivity contribution in [3.8, 4) is 0 Å². The molecule has 0 aliphatic carbocycles. The van der Waals surface area contributed by atoms with E-state index in [1.165, 1.54) is 11.8 Å². The molecule has 1 aliphatic rings. The fourth-order valence-electron chi connectivity index (χ4n) is 2.15. The summed E-state index contributed by atoms with van der Waals surface area (Å²) < 4.78 is 14.4. The minimum Gasteiger partial charge on any atom is -0.392 e. The molecule has 2 atom stereocenters. The summed E-state index contributed by atoms with van der Waals surface area (Å²) in [7, 11) is 0. The van der Waals surface area contributed by atoms with Crippen LogP contribution in [0.3, 0.4) is 0 Å². The fourth-order valence-corrected chi connectivity index (χ4v) is 3.71. The number of hydrogen-bond donors (Lipinski definition) is 1. The SMILES string of the molecule is OC(Cc1ccc(Br)cc1F)C1CCCSC1. The molecule has 0 spiro atoms. The van der Waals surface area contributed by atoms with Crippen molar-refractivity contribution >= 4 is 27.7 Å². The van der Waals surface area contributed by atoms with Gasteiger partial charge in [0.1, 0.15) is 5.82 Å². The number of halogens is 2. The maximum Gasteiger partial charge on any atom is 0.127 e. The topological polar surface area (TPSA) is 20.2 Å². The van der Waals surface area contributed by atoms with Crippen molar-refractivity contribution < 1.29 is 9.50 Å². The summed E-state index contributed by atoms with van der Waals surface area (Å²) in [6.45, 7) is 0. The van der Waals surface area contributed by atoms with Gasteiger partial charge < -0.3 is 5.11 Å². The Morgan fingerprint density at radius 3 is 3.00 bits per heavy atom. The first-order valence-corrected chi connectivity index (χ1v) is 7.81. The molecule has 4 heteroatoms. The molecule has 17 heavy (non-hydrogen) atoms. The summed E-state index contributed by atoms with van der Waals surface area (Å²) in [6, 6.07) is 5.02. The maximum absolute atomic E-state index is 13.6. The van der Waals surface area contributed by atoms with E-state index >= 15 is 0 Å². The van der Waals surface area contributed by atoms with Crippen molar-refractivity contribution in [3.63, 3.8) is 0 Å². The molecule has 94 valence electrons. The Morgan fingerprint density at radius 1 is 1.53 bits per heavy atom. The van der Waals surface area contributed by atoms with Crippen LogP contribution in [0.5, 0.6) is 0 Å². The molecule has 1 fully saturated rings. The number of hydrogen-bond acceptors (Lipinski definition) is 2. The Hall–Kier alpha value is -0.0600. The van der Waals surface area contributed by atoms with Crippen LogP contribution in [0.25, 0.3) is 0 Å². The number of rotatable bonds is 3. The van der Waals surface area contributed by atoms with Crippen LogP contribution < -0.4 is 0 Å². The van der Waals surface area contributed by atoms with Gasteiger partial charge in [0.15, 0.2) is 0 Å². The maximum atomic E-state index is 13.6. The lowest BCUT2D eigenvalue weighted by atomic mass is 9.93. The smallest absolute Gasteiger partial charge is 0.127 e. The largest absolute Gasteiger partial charge is 0.392 e. The highest BCUT2D eigenvalue weighted by atomic mass is 79.9. The van der Waals surface area contributed by atoms with Crippen molar-refractivity contribution in [2.45, 2.75) is 25.4 Å². The Bertz CT molecular complexity index is 380. The average Bonchev–Trinajstić information content (AvgIpc) is 2.34. The van der Waals surface area contributed by atoms with Gasteiger partial charge in [0, 0.05) is 10.9 Å². The van der Waals surface area contributed by atoms with Crippen molar-refractivity contribution in [3.05, 3.63) is 34.1 Å². The highest BCUT2D eigenvalue weighted by Gasteiger charge is 2.23. The van der Waals surface area contributed by atoms with E-state index in [-0.39, 0.29) is 5.82 Å². The van der Waals surface area contributed by atoms with E-state index in [0.29, 0.717) is 17.9 Å². The second-order valence-electron chi connectivity index (χ2n) is 4.48. The van der Waals surface area contributed by atoms with Crippen LogP contribution in [0.4, 0.5) is 4.39 Å². The lowest BCUT2D eigenvalue weighted by molar-refractivity contribution is 0.112. The lowest BCUT2D eigenvalue weighted by Gasteiger charge is -2.26. The monoisotopic (exact) mass is 318 g/mol. The van der Waals surface area contributed by atoms with Gasteiger partial charge in [0.2, 0.25) is 0 Å². The fraction of sp³-hybridized carbons (Fsp3) is 0.538. The molecule has 2 unspecified atom stereocenters. The van der Waals surface area contributed by atoms with Gasteiger partial charge in [-0.25, -0.2) is 4.39 Å². The summed E-state index contributed by atoms with van der Waals surface area (Å²) in [4.78, 5) is 0. The minimum absolute atomic E-state index is 0.234. The normalized spacial score (nSPS) is 22.4. The van der Waals surface area contributed by atoms with E-state index in [1.54, 1.807) is 6.07 Å². The van der Waals surface area contributed by atoms with Gasteiger partial charge in [-0.1, -0.05) is 22.0 Å². The minimum atomic E-state index is -0.418. The molecule has 2 rings (SSSR count). The highest BCUT2D eigenvalue weighted by molar-refractivity contribution is 9.10. The van der Waals surface area contributed by atoms with Crippen molar-refractivity contribution in [1.82, 2.24) is 0 Å². The van der Waals surface area contributed by atoms with Crippen molar-refractivity contribution in [2.75, 3.05) is 11.5 Å². The van der Waals surface area contributed by atoms with Crippen LogP contribution in [-0.4, -0.2) is 22.7 Å². The van der Waals surface area contributed by atoms with E-state index in [0.717, 1.165) is 23.1 Å². The average molecular weight is 319 g/mol. The number of aliphatic hydroxyl groups excluding tert-OH is 1. The van der Waals surface area contributed by atoms with Crippen LogP contribution in [-0.2, 0) is 6.42 Å². The Morgan fingerprint density at radius 2 is 2.35 bits per heavy atom. The Labute approximate surface area is 114 Å². The van der Waals surface area contributed by atoms with Gasteiger partial charge in [-0.2, -0.15) is 11.8 Å². The van der Waals surface area contributed by atoms with Gasteiger partial charge in [0.05, 0.1) is 6.10 Å². The van der Waals surface area contributed by atoms with E-state index in [2.05, 4.69) is 15.9 Å². The zero-order chi connectivity index (χ0) is 12.3. The van der Waals surface area contributed by atoms with E-state index in [4.69, 9.17) is 0 Å². The predicted octanol–water partition coefficient (Wildman–Crippen LogP) is 3.63. The van der Waals surface area contributed by atoms with Gasteiger partial charge in [-0.05, 0) is 48.0 Å². The standard InChI is InChI=1S/C13H16BrFOS/c14-11-4-3-9(12(15)7-11)6-13(16)10-2-1-5-17-8-10/h3-4,7,10,13,16H,1-2,5-6,8H2. The second kappa shape index (κ2) is 6.21. The first-order valence-electron chi connectivity index (χ1n) is 5.86. The number of benzene rings is 1. The second-order valence-corrected chi connectivity index (χ2v) is 6.55. The summed E-state index contributed by atoms with van der Waals surface area (Å²) in [5.74, 6) is 2.27. The summed E-state index contributed by atoms with van der Waals surface area (Å²) in [5.41, 5.74) is 0.608. The molecule has 1 nitrogen and oxygen atoms in total. The first-order chi connectivity index (χ1) is 8.16. The van der Waals surface area contributed by atoms with Crippen LogP contribution in [0.1, 0.15) is 18.4 Å². The zero-order valence-electron chi connectivity index (χ0n) is 9.53. The zero-order valence-corrected chi connectivity index (χ0v) is 11.9. The predicted molar refractivity (Wildman–Crippen MR) is 73.9 cm³/mol. The summed E-state index contributed by atoms with van der Waals surface area (Å²) >= 11 is 5.12. The van der Waals surface area contributed by atoms with Crippen LogP contribution in [0.15, 0.2) is 22.7 Å². The van der Waals surface area contributed by atoms with Gasteiger partial charge in [-0.3, -0.25) is 0 Å². The molecule has 1 heterocycles. The molecule has 0 saturated carbocycles. The van der Waals surface area contributed by atoms with E-state index in [9.17, 15) is 9.50 Å². The van der Waals surface area contributed by atoms with Gasteiger partial charge in [0.25, 0.3) is 0 Å². The third kappa shape index (κ3) is 3.70. The molecule has 1 aromatic rings. The molecule has 0 aromatic heterocycles. The Balaban J connectivity index is 1.99. The highest BCUT2D eigenvalue weighted by Crippen LogP contribution is 2.27. The molecular weight excluding hydrogens is 303 g/mol. The number of aliphatic hydroxyl groups is 1. The molecular formula is C13H16BrFOS. The van der Waals surface area contributed by atoms with Crippen molar-refractivity contribution in [1.29, 1.82) is 0 Å². The third-order valence-electron chi connectivity index (χ3n) is 3.18. The van der Waals surface area contributed by atoms with E-state index in [1.807, 2.05) is 17.8 Å². The molecule has 1 saturated heterocycles. The van der Waals surface area contributed by atoms with Crippen LogP contribution >= 0.6 is 27.7 Å². The molecule has 1 aliphatic heterocycles. The molecule has 0 radical (unpaired) electrons. The third-order valence-corrected chi connectivity index (χ3v) is 4.92. The molecule has 1 aromatic carbocycles.